The van der Waals surface area contributed by atoms with Crippen LogP contribution in [0.5, 0.6) is 0 Å². The van der Waals surface area contributed by atoms with Crippen LogP contribution in [-0.2, 0) is 0 Å². The SMILES string of the molecule is Cc1cc2ncc(C(O)=CO)nc2cc1C. The molecule has 2 rings (SSSR count). The fourth-order valence-electron chi connectivity index (χ4n) is 1.46. The topological polar surface area (TPSA) is 66.2 Å². The van der Waals surface area contributed by atoms with E-state index in [4.69, 9.17) is 5.11 Å². The molecule has 4 heteroatoms. The van der Waals surface area contributed by atoms with E-state index in [-0.39, 0.29) is 11.5 Å². The normalized spacial score (nSPS) is 12.0. The van der Waals surface area contributed by atoms with Crippen LogP contribution >= 0.6 is 0 Å². The molecule has 0 unspecified atom stereocenters. The van der Waals surface area contributed by atoms with Crippen LogP contribution in [0.3, 0.4) is 0 Å². The number of nitrogens with zero attached hydrogens (tertiary/aromatic N) is 2. The highest BCUT2D eigenvalue weighted by Gasteiger charge is 2.05. The van der Waals surface area contributed by atoms with E-state index in [1.165, 1.54) is 6.20 Å². The maximum atomic E-state index is 9.32. The van der Waals surface area contributed by atoms with E-state index >= 15 is 0 Å². The van der Waals surface area contributed by atoms with Gasteiger partial charge in [0.05, 0.1) is 17.2 Å². The molecule has 0 saturated carbocycles. The molecule has 1 heterocycles. The van der Waals surface area contributed by atoms with Gasteiger partial charge in [-0.2, -0.15) is 0 Å². The van der Waals surface area contributed by atoms with Crippen molar-refractivity contribution < 1.29 is 10.2 Å². The Morgan fingerprint density at radius 2 is 1.81 bits per heavy atom. The molecular weight excluding hydrogens is 204 g/mol. The van der Waals surface area contributed by atoms with E-state index in [9.17, 15) is 5.11 Å². The lowest BCUT2D eigenvalue weighted by Crippen LogP contribution is -1.94. The fraction of sp³-hybridized carbons (Fsp3) is 0.167. The van der Waals surface area contributed by atoms with E-state index in [0.717, 1.165) is 16.6 Å². The molecule has 2 N–H and O–H groups in total. The van der Waals surface area contributed by atoms with E-state index in [1.807, 2.05) is 26.0 Å². The second kappa shape index (κ2) is 3.81. The molecule has 82 valence electrons. The molecule has 0 amide bonds. The van der Waals surface area contributed by atoms with Crippen LogP contribution in [0.1, 0.15) is 16.8 Å². The van der Waals surface area contributed by atoms with Gasteiger partial charge in [0.1, 0.15) is 12.0 Å². The lowest BCUT2D eigenvalue weighted by atomic mass is 10.1. The Kier molecular flexibility index (Phi) is 2.48. The molecule has 0 saturated heterocycles. The van der Waals surface area contributed by atoms with Crippen molar-refractivity contribution in [3.63, 3.8) is 0 Å². The highest BCUT2D eigenvalue weighted by molar-refractivity contribution is 5.77. The van der Waals surface area contributed by atoms with E-state index in [0.29, 0.717) is 11.8 Å². The molecule has 0 aliphatic heterocycles. The molecule has 0 aliphatic rings. The highest BCUT2D eigenvalue weighted by Crippen LogP contribution is 2.17. The van der Waals surface area contributed by atoms with Crippen LogP contribution < -0.4 is 0 Å². The molecule has 0 bridgehead atoms. The molecule has 0 aliphatic carbocycles. The molecule has 2 aromatic rings. The van der Waals surface area contributed by atoms with Gasteiger partial charge in [-0.25, -0.2) is 4.98 Å². The number of benzene rings is 1. The summed E-state index contributed by atoms with van der Waals surface area (Å²) in [6.07, 6.45) is 2.04. The number of aryl methyl sites for hydroxylation is 2. The second-order valence-corrected chi connectivity index (χ2v) is 3.69. The van der Waals surface area contributed by atoms with Crippen LogP contribution in [0.4, 0.5) is 0 Å². The van der Waals surface area contributed by atoms with Crippen molar-refractivity contribution in [3.8, 4) is 0 Å². The average molecular weight is 216 g/mol. The van der Waals surface area contributed by atoms with Crippen LogP contribution in [0.25, 0.3) is 16.8 Å². The molecule has 1 aromatic carbocycles. The third-order valence-electron chi connectivity index (χ3n) is 2.54. The zero-order valence-corrected chi connectivity index (χ0v) is 9.10. The third kappa shape index (κ3) is 1.69. The molecule has 4 nitrogen and oxygen atoms in total. The largest absolute Gasteiger partial charge is 0.512 e. The highest BCUT2D eigenvalue weighted by atomic mass is 16.3. The van der Waals surface area contributed by atoms with Gasteiger partial charge in [-0.15, -0.1) is 0 Å². The van der Waals surface area contributed by atoms with Gasteiger partial charge in [-0.05, 0) is 37.1 Å². The molecule has 0 atom stereocenters. The first-order valence-corrected chi connectivity index (χ1v) is 4.89. The van der Waals surface area contributed by atoms with Crippen molar-refractivity contribution in [1.82, 2.24) is 9.97 Å². The van der Waals surface area contributed by atoms with Gasteiger partial charge < -0.3 is 10.2 Å². The van der Waals surface area contributed by atoms with Crippen LogP contribution in [-0.4, -0.2) is 20.2 Å². The predicted molar refractivity (Wildman–Crippen MR) is 62.2 cm³/mol. The van der Waals surface area contributed by atoms with E-state index in [1.54, 1.807) is 0 Å². The molecule has 0 spiro atoms. The number of aromatic nitrogens is 2. The summed E-state index contributed by atoms with van der Waals surface area (Å²) in [6, 6.07) is 3.85. The van der Waals surface area contributed by atoms with Gasteiger partial charge in [0.15, 0.2) is 5.76 Å². The minimum Gasteiger partial charge on any atom is -0.512 e. The Hall–Kier alpha value is -2.10. The van der Waals surface area contributed by atoms with Crippen molar-refractivity contribution >= 4 is 16.8 Å². The summed E-state index contributed by atoms with van der Waals surface area (Å²) in [5.41, 5.74) is 4.01. The smallest absolute Gasteiger partial charge is 0.177 e. The Labute approximate surface area is 92.9 Å². The predicted octanol–water partition coefficient (Wildman–Crippen LogP) is 2.66. The van der Waals surface area contributed by atoms with Gasteiger partial charge in [-0.1, -0.05) is 0 Å². The minimum absolute atomic E-state index is 0.262. The molecule has 1 aromatic heterocycles. The van der Waals surface area contributed by atoms with Gasteiger partial charge in [0, 0.05) is 0 Å². The first-order valence-electron chi connectivity index (χ1n) is 4.89. The summed E-state index contributed by atoms with van der Waals surface area (Å²) in [4.78, 5) is 8.38. The summed E-state index contributed by atoms with van der Waals surface area (Å²) >= 11 is 0. The molecule has 0 fully saturated rings. The first kappa shape index (κ1) is 10.4. The number of rotatable bonds is 1. The monoisotopic (exact) mass is 216 g/mol. The standard InChI is InChI=1S/C12H12N2O2/c1-7-3-9-10(4-8(7)2)14-11(5-13-9)12(16)6-15/h3-6,15-16H,1-2H3. The van der Waals surface area contributed by atoms with Gasteiger partial charge in [-0.3, -0.25) is 4.98 Å². The third-order valence-corrected chi connectivity index (χ3v) is 2.54. The number of hydrogen-bond donors (Lipinski definition) is 2. The maximum Gasteiger partial charge on any atom is 0.177 e. The number of aliphatic hydroxyl groups excluding tert-OH is 2. The van der Waals surface area contributed by atoms with Gasteiger partial charge in [0.25, 0.3) is 0 Å². The molecular formula is C12H12N2O2. The van der Waals surface area contributed by atoms with E-state index in [2.05, 4.69) is 9.97 Å². The Morgan fingerprint density at radius 1 is 1.19 bits per heavy atom. The molecule has 0 radical (unpaired) electrons. The lowest BCUT2D eigenvalue weighted by molar-refractivity contribution is 0.430. The summed E-state index contributed by atoms with van der Waals surface area (Å²) in [6.45, 7) is 4.00. The van der Waals surface area contributed by atoms with Crippen molar-refractivity contribution in [3.05, 3.63) is 41.4 Å². The summed E-state index contributed by atoms with van der Waals surface area (Å²) < 4.78 is 0. The van der Waals surface area contributed by atoms with Gasteiger partial charge >= 0.3 is 0 Å². The maximum absolute atomic E-state index is 9.32. The lowest BCUT2D eigenvalue weighted by Gasteiger charge is -2.04. The summed E-state index contributed by atoms with van der Waals surface area (Å²) in [5.74, 6) is -0.285. The van der Waals surface area contributed by atoms with Crippen molar-refractivity contribution in [2.75, 3.05) is 0 Å². The van der Waals surface area contributed by atoms with Crippen molar-refractivity contribution in [2.45, 2.75) is 13.8 Å². The van der Waals surface area contributed by atoms with Crippen molar-refractivity contribution in [1.29, 1.82) is 0 Å². The Bertz CT molecular complexity index is 576. The van der Waals surface area contributed by atoms with Gasteiger partial charge in [0.2, 0.25) is 0 Å². The second-order valence-electron chi connectivity index (χ2n) is 3.69. The van der Waals surface area contributed by atoms with Crippen molar-refractivity contribution in [2.24, 2.45) is 0 Å². The first-order chi connectivity index (χ1) is 7.61. The average Bonchev–Trinajstić information content (AvgIpc) is 2.29. The summed E-state index contributed by atoms with van der Waals surface area (Å²) in [5, 5.41) is 18.0. The van der Waals surface area contributed by atoms with E-state index < -0.39 is 0 Å². The summed E-state index contributed by atoms with van der Waals surface area (Å²) in [7, 11) is 0. The number of fused-ring (bicyclic) bond motifs is 1. The molecule has 16 heavy (non-hydrogen) atoms. The number of hydrogen-bond acceptors (Lipinski definition) is 4. The quantitative estimate of drug-likeness (QED) is 0.719. The van der Waals surface area contributed by atoms with Crippen LogP contribution in [0, 0.1) is 13.8 Å². The Morgan fingerprint density at radius 3 is 2.44 bits per heavy atom. The Balaban J connectivity index is 2.67. The number of aliphatic hydroxyl groups is 2. The fourth-order valence-corrected chi connectivity index (χ4v) is 1.46. The zero-order valence-electron chi connectivity index (χ0n) is 9.10. The zero-order chi connectivity index (χ0) is 11.7. The van der Waals surface area contributed by atoms with Crippen LogP contribution in [0.2, 0.25) is 0 Å². The van der Waals surface area contributed by atoms with Crippen LogP contribution in [0.15, 0.2) is 24.6 Å². The minimum atomic E-state index is -0.285.